The SMILES string of the molecule is c1ccc(SCCN2CCOCC2)nc1. The Morgan fingerprint density at radius 1 is 1.33 bits per heavy atom. The fourth-order valence-corrected chi connectivity index (χ4v) is 2.41. The Morgan fingerprint density at radius 2 is 2.20 bits per heavy atom. The summed E-state index contributed by atoms with van der Waals surface area (Å²) in [6, 6.07) is 6.04. The van der Waals surface area contributed by atoms with E-state index < -0.39 is 0 Å². The minimum Gasteiger partial charge on any atom is -0.379 e. The second-order valence-electron chi connectivity index (χ2n) is 3.47. The Labute approximate surface area is 94.8 Å². The monoisotopic (exact) mass is 224 g/mol. The van der Waals surface area contributed by atoms with Crippen molar-refractivity contribution in [2.24, 2.45) is 0 Å². The van der Waals surface area contributed by atoms with Gasteiger partial charge in [0, 0.05) is 31.6 Å². The molecule has 1 fully saturated rings. The van der Waals surface area contributed by atoms with Crippen LogP contribution in [0.1, 0.15) is 0 Å². The molecule has 1 aliphatic rings. The summed E-state index contributed by atoms with van der Waals surface area (Å²) in [5.41, 5.74) is 0. The van der Waals surface area contributed by atoms with Gasteiger partial charge in [-0.3, -0.25) is 4.90 Å². The van der Waals surface area contributed by atoms with E-state index in [1.54, 1.807) is 0 Å². The van der Waals surface area contributed by atoms with Gasteiger partial charge in [0.05, 0.1) is 18.2 Å². The van der Waals surface area contributed by atoms with E-state index in [0.717, 1.165) is 43.6 Å². The van der Waals surface area contributed by atoms with Crippen molar-refractivity contribution in [3.05, 3.63) is 24.4 Å². The zero-order chi connectivity index (χ0) is 10.3. The number of pyridine rings is 1. The molecule has 0 aliphatic carbocycles. The van der Waals surface area contributed by atoms with Crippen LogP contribution in [0.2, 0.25) is 0 Å². The fourth-order valence-electron chi connectivity index (χ4n) is 1.54. The van der Waals surface area contributed by atoms with Crippen molar-refractivity contribution in [2.45, 2.75) is 5.03 Å². The molecule has 0 aromatic carbocycles. The second-order valence-corrected chi connectivity index (χ2v) is 4.59. The number of thioether (sulfide) groups is 1. The summed E-state index contributed by atoms with van der Waals surface area (Å²) in [7, 11) is 0. The maximum Gasteiger partial charge on any atom is 0.0960 e. The average molecular weight is 224 g/mol. The summed E-state index contributed by atoms with van der Waals surface area (Å²) in [5, 5.41) is 1.12. The molecule has 0 bridgehead atoms. The van der Waals surface area contributed by atoms with Crippen LogP contribution in [0.4, 0.5) is 0 Å². The molecule has 1 aromatic heterocycles. The van der Waals surface area contributed by atoms with Crippen LogP contribution in [-0.2, 0) is 4.74 Å². The van der Waals surface area contributed by atoms with Crippen molar-refractivity contribution in [2.75, 3.05) is 38.6 Å². The van der Waals surface area contributed by atoms with Crippen molar-refractivity contribution in [1.29, 1.82) is 0 Å². The molecule has 0 unspecified atom stereocenters. The number of morpholine rings is 1. The van der Waals surface area contributed by atoms with Gasteiger partial charge in [0.25, 0.3) is 0 Å². The molecule has 3 nitrogen and oxygen atoms in total. The maximum absolute atomic E-state index is 5.30. The zero-order valence-electron chi connectivity index (χ0n) is 8.76. The van der Waals surface area contributed by atoms with Gasteiger partial charge in [-0.15, -0.1) is 11.8 Å². The van der Waals surface area contributed by atoms with Gasteiger partial charge < -0.3 is 4.74 Å². The van der Waals surface area contributed by atoms with E-state index in [2.05, 4.69) is 16.0 Å². The Balaban J connectivity index is 1.66. The van der Waals surface area contributed by atoms with Gasteiger partial charge in [0.15, 0.2) is 0 Å². The highest BCUT2D eigenvalue weighted by Gasteiger charge is 2.09. The molecule has 82 valence electrons. The predicted octanol–water partition coefficient (Wildman–Crippen LogP) is 1.51. The van der Waals surface area contributed by atoms with Gasteiger partial charge in [0.2, 0.25) is 0 Å². The Hall–Kier alpha value is -0.580. The van der Waals surface area contributed by atoms with Crippen LogP contribution in [-0.4, -0.2) is 48.5 Å². The molecule has 15 heavy (non-hydrogen) atoms. The van der Waals surface area contributed by atoms with Crippen LogP contribution in [0.25, 0.3) is 0 Å². The van der Waals surface area contributed by atoms with Crippen molar-refractivity contribution in [1.82, 2.24) is 9.88 Å². The number of nitrogens with zero attached hydrogens (tertiary/aromatic N) is 2. The first-order chi connectivity index (χ1) is 7.45. The first-order valence-corrected chi connectivity index (χ1v) is 6.27. The van der Waals surface area contributed by atoms with Crippen LogP contribution in [0, 0.1) is 0 Å². The lowest BCUT2D eigenvalue weighted by Crippen LogP contribution is -2.37. The van der Waals surface area contributed by atoms with E-state index in [9.17, 15) is 0 Å². The third-order valence-corrected chi connectivity index (χ3v) is 3.32. The molecule has 0 amide bonds. The number of hydrogen-bond donors (Lipinski definition) is 0. The summed E-state index contributed by atoms with van der Waals surface area (Å²) in [6.07, 6.45) is 1.84. The van der Waals surface area contributed by atoms with Crippen LogP contribution >= 0.6 is 11.8 Å². The highest BCUT2D eigenvalue weighted by atomic mass is 32.2. The van der Waals surface area contributed by atoms with Gasteiger partial charge in [-0.05, 0) is 12.1 Å². The topological polar surface area (TPSA) is 25.4 Å². The summed E-state index contributed by atoms with van der Waals surface area (Å²) in [5.74, 6) is 1.11. The van der Waals surface area contributed by atoms with Crippen molar-refractivity contribution >= 4 is 11.8 Å². The van der Waals surface area contributed by atoms with Crippen LogP contribution in [0.5, 0.6) is 0 Å². The van der Waals surface area contributed by atoms with Gasteiger partial charge >= 0.3 is 0 Å². The third-order valence-electron chi connectivity index (χ3n) is 2.40. The highest BCUT2D eigenvalue weighted by molar-refractivity contribution is 7.99. The molecular weight excluding hydrogens is 208 g/mol. The number of aromatic nitrogens is 1. The van der Waals surface area contributed by atoms with E-state index in [4.69, 9.17) is 4.74 Å². The Kier molecular flexibility index (Phi) is 4.44. The van der Waals surface area contributed by atoms with Crippen molar-refractivity contribution in [3.8, 4) is 0 Å². The predicted molar refractivity (Wildman–Crippen MR) is 62.2 cm³/mol. The lowest BCUT2D eigenvalue weighted by molar-refractivity contribution is 0.0410. The second kappa shape index (κ2) is 6.10. The molecular formula is C11H16N2OS. The molecule has 0 saturated carbocycles. The molecule has 1 aliphatic heterocycles. The standard InChI is InChI=1S/C11H16N2OS/c1-2-4-12-11(3-1)15-10-7-13-5-8-14-9-6-13/h1-4H,5-10H2. The number of ether oxygens (including phenoxy) is 1. The van der Waals surface area contributed by atoms with Gasteiger partial charge in [0.1, 0.15) is 0 Å². The Bertz CT molecular complexity index is 275. The first kappa shape index (κ1) is 10.9. The van der Waals surface area contributed by atoms with E-state index >= 15 is 0 Å². The van der Waals surface area contributed by atoms with Crippen molar-refractivity contribution in [3.63, 3.8) is 0 Å². The third kappa shape index (κ3) is 3.81. The van der Waals surface area contributed by atoms with E-state index in [1.807, 2.05) is 30.1 Å². The van der Waals surface area contributed by atoms with Crippen LogP contribution < -0.4 is 0 Å². The summed E-state index contributed by atoms with van der Waals surface area (Å²) in [6.45, 7) is 5.04. The van der Waals surface area contributed by atoms with E-state index in [0.29, 0.717) is 0 Å². The molecule has 0 atom stereocenters. The normalized spacial score (nSPS) is 17.9. The molecule has 0 radical (unpaired) electrons. The minimum absolute atomic E-state index is 0.883. The first-order valence-electron chi connectivity index (χ1n) is 5.29. The van der Waals surface area contributed by atoms with Crippen molar-refractivity contribution < 1.29 is 4.74 Å². The largest absolute Gasteiger partial charge is 0.379 e. The molecule has 2 heterocycles. The fraction of sp³-hybridized carbons (Fsp3) is 0.545. The smallest absolute Gasteiger partial charge is 0.0960 e. The summed E-state index contributed by atoms with van der Waals surface area (Å²) < 4.78 is 5.30. The molecule has 1 saturated heterocycles. The van der Waals surface area contributed by atoms with E-state index in [-0.39, 0.29) is 0 Å². The number of hydrogen-bond acceptors (Lipinski definition) is 4. The van der Waals surface area contributed by atoms with E-state index in [1.165, 1.54) is 0 Å². The minimum atomic E-state index is 0.883. The molecule has 2 rings (SSSR count). The summed E-state index contributed by atoms with van der Waals surface area (Å²) >= 11 is 1.82. The Morgan fingerprint density at radius 3 is 2.93 bits per heavy atom. The molecule has 0 N–H and O–H groups in total. The lowest BCUT2D eigenvalue weighted by atomic mass is 10.4. The van der Waals surface area contributed by atoms with Gasteiger partial charge in [-0.25, -0.2) is 4.98 Å². The van der Waals surface area contributed by atoms with Crippen LogP contribution in [0.3, 0.4) is 0 Å². The molecule has 1 aromatic rings. The summed E-state index contributed by atoms with van der Waals surface area (Å²) in [4.78, 5) is 6.73. The molecule has 4 heteroatoms. The van der Waals surface area contributed by atoms with Crippen LogP contribution in [0.15, 0.2) is 29.4 Å². The average Bonchev–Trinajstić information content (AvgIpc) is 2.32. The highest BCUT2D eigenvalue weighted by Crippen LogP contribution is 2.13. The van der Waals surface area contributed by atoms with Gasteiger partial charge in [-0.2, -0.15) is 0 Å². The lowest BCUT2D eigenvalue weighted by Gasteiger charge is -2.26. The quantitative estimate of drug-likeness (QED) is 0.724. The maximum atomic E-state index is 5.30. The van der Waals surface area contributed by atoms with Gasteiger partial charge in [-0.1, -0.05) is 6.07 Å². The molecule has 0 spiro atoms. The zero-order valence-corrected chi connectivity index (χ0v) is 9.58. The number of rotatable bonds is 4.